The van der Waals surface area contributed by atoms with Gasteiger partial charge in [-0.3, -0.25) is 0 Å². The molecule has 92 valence electrons. The first kappa shape index (κ1) is 11.0. The van der Waals surface area contributed by atoms with Gasteiger partial charge in [-0.15, -0.1) is 0 Å². The van der Waals surface area contributed by atoms with E-state index in [1.54, 1.807) is 0 Å². The quantitative estimate of drug-likeness (QED) is 0.722. The van der Waals surface area contributed by atoms with E-state index >= 15 is 0 Å². The molecule has 1 aliphatic carbocycles. The fourth-order valence-electron chi connectivity index (χ4n) is 4.15. The zero-order chi connectivity index (χ0) is 11.2. The molecule has 4 atom stereocenters. The minimum absolute atomic E-state index is 0.0749. The molecule has 0 aromatic heterocycles. The van der Waals surface area contributed by atoms with Crippen LogP contribution in [0.1, 0.15) is 39.0 Å². The molecule has 1 N–H and O–H groups in total. The Morgan fingerprint density at radius 3 is 2.88 bits per heavy atom. The van der Waals surface area contributed by atoms with Crippen LogP contribution in [0.5, 0.6) is 0 Å². The summed E-state index contributed by atoms with van der Waals surface area (Å²) in [5.41, 5.74) is 0.0749. The Labute approximate surface area is 97.8 Å². The van der Waals surface area contributed by atoms with E-state index in [2.05, 4.69) is 11.8 Å². The van der Waals surface area contributed by atoms with Crippen molar-refractivity contribution in [3.05, 3.63) is 0 Å². The van der Waals surface area contributed by atoms with Crippen LogP contribution in [0.15, 0.2) is 0 Å². The maximum Gasteiger partial charge on any atom is 0.111 e. The number of ether oxygens (including phenoxy) is 1. The highest BCUT2D eigenvalue weighted by molar-refractivity contribution is 5.13. The number of likely N-dealkylation sites (tertiary alicyclic amines) is 1. The molecule has 2 saturated heterocycles. The second-order valence-electron chi connectivity index (χ2n) is 5.58. The molecular weight excluding hydrogens is 202 g/mol. The average Bonchev–Trinajstić information content (AvgIpc) is 3.05. The van der Waals surface area contributed by atoms with Gasteiger partial charge in [0.1, 0.15) is 11.7 Å². The van der Waals surface area contributed by atoms with Crippen LogP contribution in [0.4, 0.5) is 0 Å². The van der Waals surface area contributed by atoms with E-state index in [4.69, 9.17) is 4.74 Å². The Kier molecular flexibility index (Phi) is 2.73. The van der Waals surface area contributed by atoms with Crippen LogP contribution in [0.3, 0.4) is 0 Å². The number of aliphatic hydroxyl groups excluding tert-OH is 1. The van der Waals surface area contributed by atoms with Crippen LogP contribution in [0.2, 0.25) is 0 Å². The van der Waals surface area contributed by atoms with Crippen molar-refractivity contribution in [2.45, 2.75) is 56.8 Å². The smallest absolute Gasteiger partial charge is 0.111 e. The topological polar surface area (TPSA) is 36.0 Å². The van der Waals surface area contributed by atoms with Crippen LogP contribution < -0.4 is 0 Å². The predicted molar refractivity (Wildman–Crippen MR) is 62.3 cm³/mol. The molecule has 0 bridgehead atoms. The molecule has 3 aliphatic rings. The summed E-state index contributed by atoms with van der Waals surface area (Å²) in [4.78, 5) is 2.63. The lowest BCUT2D eigenvalue weighted by Crippen LogP contribution is -2.54. The molecule has 2 aliphatic heterocycles. The van der Waals surface area contributed by atoms with Crippen LogP contribution in [0, 0.1) is 5.92 Å². The van der Waals surface area contributed by atoms with Crippen LogP contribution in [0.25, 0.3) is 0 Å². The summed E-state index contributed by atoms with van der Waals surface area (Å²) in [6.45, 7) is 4.81. The van der Waals surface area contributed by atoms with Gasteiger partial charge in [0.15, 0.2) is 0 Å². The Morgan fingerprint density at radius 2 is 2.19 bits per heavy atom. The van der Waals surface area contributed by atoms with Crippen LogP contribution in [-0.2, 0) is 4.74 Å². The molecule has 0 aromatic carbocycles. The minimum Gasteiger partial charge on any atom is -0.394 e. The maximum atomic E-state index is 9.30. The Balaban J connectivity index is 1.79. The van der Waals surface area contributed by atoms with Gasteiger partial charge in [-0.25, -0.2) is 0 Å². The Morgan fingerprint density at radius 1 is 1.38 bits per heavy atom. The highest BCUT2D eigenvalue weighted by Gasteiger charge is 2.64. The van der Waals surface area contributed by atoms with E-state index in [-0.39, 0.29) is 18.3 Å². The van der Waals surface area contributed by atoms with E-state index in [0.29, 0.717) is 5.92 Å². The Bertz CT molecular complexity index is 271. The first-order valence-electron chi connectivity index (χ1n) is 6.84. The van der Waals surface area contributed by atoms with Gasteiger partial charge in [-0.05, 0) is 25.8 Å². The van der Waals surface area contributed by atoms with Crippen molar-refractivity contribution in [2.24, 2.45) is 5.92 Å². The molecule has 3 rings (SSSR count). The molecule has 0 aromatic rings. The van der Waals surface area contributed by atoms with Crippen molar-refractivity contribution in [3.63, 3.8) is 0 Å². The monoisotopic (exact) mass is 225 g/mol. The van der Waals surface area contributed by atoms with E-state index in [9.17, 15) is 5.11 Å². The third kappa shape index (κ3) is 1.45. The molecule has 16 heavy (non-hydrogen) atoms. The number of rotatable bonds is 2. The highest BCUT2D eigenvalue weighted by atomic mass is 16.6. The van der Waals surface area contributed by atoms with Crippen LogP contribution >= 0.6 is 0 Å². The van der Waals surface area contributed by atoms with Crippen molar-refractivity contribution >= 4 is 0 Å². The van der Waals surface area contributed by atoms with Gasteiger partial charge in [0, 0.05) is 18.5 Å². The van der Waals surface area contributed by atoms with Crippen molar-refractivity contribution in [2.75, 3.05) is 19.7 Å². The first-order valence-corrected chi connectivity index (χ1v) is 6.84. The maximum absolute atomic E-state index is 9.30. The average molecular weight is 225 g/mol. The van der Waals surface area contributed by atoms with E-state index in [1.165, 1.54) is 32.2 Å². The zero-order valence-electron chi connectivity index (χ0n) is 10.2. The molecule has 3 fully saturated rings. The van der Waals surface area contributed by atoms with E-state index in [1.807, 2.05) is 0 Å². The summed E-state index contributed by atoms with van der Waals surface area (Å²) >= 11 is 0. The Hall–Kier alpha value is -0.120. The van der Waals surface area contributed by atoms with Gasteiger partial charge in [-0.2, -0.15) is 0 Å². The summed E-state index contributed by atoms with van der Waals surface area (Å²) in [5, 5.41) is 9.30. The molecule has 3 heteroatoms. The molecular formula is C13H23NO2. The number of fused-ring (bicyclic) bond motifs is 2. The third-order valence-corrected chi connectivity index (χ3v) is 5.04. The SMILES string of the molecule is CCN1CCC2(OC2CO)C2CCCCC21. The molecule has 1 saturated carbocycles. The number of hydrogen-bond acceptors (Lipinski definition) is 3. The van der Waals surface area contributed by atoms with Crippen molar-refractivity contribution in [1.29, 1.82) is 0 Å². The number of nitrogens with zero attached hydrogens (tertiary/aromatic N) is 1. The molecule has 0 amide bonds. The molecule has 0 radical (unpaired) electrons. The fourth-order valence-corrected chi connectivity index (χ4v) is 4.15. The summed E-state index contributed by atoms with van der Waals surface area (Å²) in [6, 6.07) is 0.726. The van der Waals surface area contributed by atoms with E-state index in [0.717, 1.165) is 19.0 Å². The lowest BCUT2D eigenvalue weighted by molar-refractivity contribution is 0.00361. The highest BCUT2D eigenvalue weighted by Crippen LogP contribution is 2.54. The van der Waals surface area contributed by atoms with Gasteiger partial charge in [0.05, 0.1) is 6.61 Å². The number of hydrogen-bond donors (Lipinski definition) is 1. The molecule has 1 spiro atoms. The van der Waals surface area contributed by atoms with Gasteiger partial charge >= 0.3 is 0 Å². The summed E-state index contributed by atoms with van der Waals surface area (Å²) in [7, 11) is 0. The second-order valence-corrected chi connectivity index (χ2v) is 5.58. The summed E-state index contributed by atoms with van der Waals surface area (Å²) in [6.07, 6.45) is 6.64. The summed E-state index contributed by atoms with van der Waals surface area (Å²) < 4.78 is 5.88. The second kappa shape index (κ2) is 3.97. The van der Waals surface area contributed by atoms with Gasteiger partial charge in [0.2, 0.25) is 0 Å². The van der Waals surface area contributed by atoms with Crippen LogP contribution in [-0.4, -0.2) is 47.4 Å². The standard InChI is InChI=1S/C13H23NO2/c1-2-14-8-7-13(12(9-15)16-13)10-5-3-4-6-11(10)14/h10-12,15H,2-9H2,1H3. The lowest BCUT2D eigenvalue weighted by Gasteiger charge is -2.47. The largest absolute Gasteiger partial charge is 0.394 e. The minimum atomic E-state index is 0.0749. The number of piperidine rings is 1. The van der Waals surface area contributed by atoms with Gasteiger partial charge < -0.3 is 14.7 Å². The van der Waals surface area contributed by atoms with E-state index < -0.39 is 0 Å². The van der Waals surface area contributed by atoms with Crippen molar-refractivity contribution in [1.82, 2.24) is 4.90 Å². The lowest BCUT2D eigenvalue weighted by atomic mass is 9.70. The predicted octanol–water partition coefficient (Wildman–Crippen LogP) is 1.40. The first-order chi connectivity index (χ1) is 7.81. The van der Waals surface area contributed by atoms with Gasteiger partial charge in [0.25, 0.3) is 0 Å². The van der Waals surface area contributed by atoms with Crippen molar-refractivity contribution < 1.29 is 9.84 Å². The van der Waals surface area contributed by atoms with Gasteiger partial charge in [-0.1, -0.05) is 19.8 Å². The summed E-state index contributed by atoms with van der Waals surface area (Å²) in [5.74, 6) is 0.687. The van der Waals surface area contributed by atoms with Crippen molar-refractivity contribution in [3.8, 4) is 0 Å². The molecule has 3 nitrogen and oxygen atoms in total. The zero-order valence-corrected chi connectivity index (χ0v) is 10.2. The normalized spacial score (nSPS) is 48.0. The fraction of sp³-hybridized carbons (Fsp3) is 1.00. The molecule has 4 unspecified atom stereocenters. The number of epoxide rings is 1. The third-order valence-electron chi connectivity index (χ3n) is 5.04. The number of aliphatic hydroxyl groups is 1. The molecule has 2 heterocycles.